The van der Waals surface area contributed by atoms with Crippen molar-refractivity contribution in [2.24, 2.45) is 0 Å². The Morgan fingerprint density at radius 3 is 2.50 bits per heavy atom. The van der Waals surface area contributed by atoms with Gasteiger partial charge in [0.05, 0.1) is 7.11 Å². The molecule has 0 aromatic heterocycles. The van der Waals surface area contributed by atoms with Gasteiger partial charge in [-0.2, -0.15) is 0 Å². The van der Waals surface area contributed by atoms with Crippen LogP contribution < -0.4 is 0 Å². The molecule has 1 amide bonds. The van der Waals surface area contributed by atoms with E-state index in [9.17, 15) is 9.59 Å². The molecule has 1 aliphatic rings. The first kappa shape index (κ1) is 18.0. The van der Waals surface area contributed by atoms with Crippen molar-refractivity contribution in [1.29, 1.82) is 0 Å². The maximum absolute atomic E-state index is 12.6. The van der Waals surface area contributed by atoms with E-state index >= 15 is 0 Å². The number of nitrogens with zero attached hydrogens (tertiary/aromatic N) is 1. The van der Waals surface area contributed by atoms with Crippen molar-refractivity contribution in [3.8, 4) is 0 Å². The van der Waals surface area contributed by atoms with Gasteiger partial charge in [0.25, 0.3) is 0 Å². The summed E-state index contributed by atoms with van der Waals surface area (Å²) < 4.78 is 10.4. The van der Waals surface area contributed by atoms with Gasteiger partial charge in [0.15, 0.2) is 0 Å². The van der Waals surface area contributed by atoms with Crippen molar-refractivity contribution in [3.05, 3.63) is 41.1 Å². The number of carbonyl (C=O) groups is 2. The summed E-state index contributed by atoms with van der Waals surface area (Å²) in [5, 5.41) is 0. The molecule has 0 aliphatic carbocycles. The molecule has 1 aromatic rings. The van der Waals surface area contributed by atoms with Gasteiger partial charge in [0.1, 0.15) is 11.3 Å². The van der Waals surface area contributed by atoms with Crippen LogP contribution in [0.2, 0.25) is 0 Å². The molecular weight excluding hydrogens is 306 g/mol. The molecule has 0 spiro atoms. The number of methoxy groups -OCH3 is 1. The zero-order valence-electron chi connectivity index (χ0n) is 14.8. The van der Waals surface area contributed by atoms with Crippen LogP contribution >= 0.6 is 0 Å². The maximum atomic E-state index is 12.6. The van der Waals surface area contributed by atoms with Gasteiger partial charge in [-0.15, -0.1) is 0 Å². The molecule has 0 atom stereocenters. The molecule has 5 nitrogen and oxygen atoms in total. The van der Waals surface area contributed by atoms with Crippen LogP contribution in [0.5, 0.6) is 0 Å². The lowest BCUT2D eigenvalue weighted by molar-refractivity contribution is -0.137. The average Bonchev–Trinajstić information content (AvgIpc) is 2.60. The van der Waals surface area contributed by atoms with Gasteiger partial charge < -0.3 is 9.47 Å². The monoisotopic (exact) mass is 331 g/mol. The van der Waals surface area contributed by atoms with Crippen LogP contribution in [-0.2, 0) is 20.7 Å². The number of hydrogen-bond donors (Lipinski definition) is 0. The van der Waals surface area contributed by atoms with Crippen molar-refractivity contribution >= 4 is 18.1 Å². The molecule has 1 heterocycles. The van der Waals surface area contributed by atoms with Crippen LogP contribution in [-0.4, -0.2) is 36.2 Å². The summed E-state index contributed by atoms with van der Waals surface area (Å²) in [5.41, 5.74) is 1.66. The minimum absolute atomic E-state index is 0.209. The van der Waals surface area contributed by atoms with Gasteiger partial charge in [-0.3, -0.25) is 4.90 Å². The van der Waals surface area contributed by atoms with E-state index in [4.69, 9.17) is 9.47 Å². The van der Waals surface area contributed by atoms with E-state index in [2.05, 4.69) is 0 Å². The fraction of sp³-hybridized carbons (Fsp3) is 0.474. The highest BCUT2D eigenvalue weighted by molar-refractivity contribution is 5.97. The highest BCUT2D eigenvalue weighted by Crippen LogP contribution is 2.23. The Balaban J connectivity index is 2.46. The van der Waals surface area contributed by atoms with E-state index < -0.39 is 17.7 Å². The summed E-state index contributed by atoms with van der Waals surface area (Å²) in [6.07, 6.45) is 3.80. The van der Waals surface area contributed by atoms with Crippen LogP contribution in [0.15, 0.2) is 30.0 Å². The lowest BCUT2D eigenvalue weighted by Gasteiger charge is -2.28. The third-order valence-corrected chi connectivity index (χ3v) is 3.72. The van der Waals surface area contributed by atoms with Crippen LogP contribution in [0.25, 0.3) is 6.08 Å². The van der Waals surface area contributed by atoms with E-state index in [0.717, 1.165) is 30.4 Å². The van der Waals surface area contributed by atoms with Crippen molar-refractivity contribution in [1.82, 2.24) is 4.90 Å². The van der Waals surface area contributed by atoms with Crippen LogP contribution in [0, 0.1) is 0 Å². The number of benzene rings is 1. The second kappa shape index (κ2) is 7.51. The summed E-state index contributed by atoms with van der Waals surface area (Å²) in [7, 11) is 1.31. The van der Waals surface area contributed by atoms with Crippen LogP contribution in [0.4, 0.5) is 4.79 Å². The zero-order chi connectivity index (χ0) is 17.7. The SMILES string of the molecule is COC(=O)/C1=C/c2ccccc2CCCCN1C(=O)OC(C)(C)C. The molecule has 0 N–H and O–H groups in total. The third-order valence-electron chi connectivity index (χ3n) is 3.72. The molecule has 0 radical (unpaired) electrons. The minimum atomic E-state index is -0.630. The van der Waals surface area contributed by atoms with E-state index in [1.807, 2.05) is 24.3 Å². The van der Waals surface area contributed by atoms with Crippen molar-refractivity contribution in [2.75, 3.05) is 13.7 Å². The zero-order valence-corrected chi connectivity index (χ0v) is 14.8. The van der Waals surface area contributed by atoms with Crippen LogP contribution in [0.1, 0.15) is 44.7 Å². The van der Waals surface area contributed by atoms with Gasteiger partial charge in [-0.25, -0.2) is 9.59 Å². The number of amides is 1. The smallest absolute Gasteiger partial charge is 0.415 e. The van der Waals surface area contributed by atoms with Gasteiger partial charge in [0.2, 0.25) is 0 Å². The molecule has 0 bridgehead atoms. The quantitative estimate of drug-likeness (QED) is 0.735. The molecule has 2 rings (SSSR count). The number of carbonyl (C=O) groups excluding carboxylic acids is 2. The Morgan fingerprint density at radius 2 is 1.83 bits per heavy atom. The molecule has 24 heavy (non-hydrogen) atoms. The normalized spacial score (nSPS) is 17.5. The maximum Gasteiger partial charge on any atom is 0.415 e. The van der Waals surface area contributed by atoms with E-state index in [1.54, 1.807) is 26.8 Å². The molecule has 0 unspecified atom stereocenters. The first-order valence-corrected chi connectivity index (χ1v) is 8.20. The summed E-state index contributed by atoms with van der Waals surface area (Å²) in [6.45, 7) is 5.83. The van der Waals surface area contributed by atoms with E-state index in [-0.39, 0.29) is 5.70 Å². The largest absolute Gasteiger partial charge is 0.464 e. The number of fused-ring (bicyclic) bond motifs is 1. The number of hydrogen-bond acceptors (Lipinski definition) is 4. The Kier molecular flexibility index (Phi) is 5.65. The number of rotatable bonds is 1. The van der Waals surface area contributed by atoms with Gasteiger partial charge in [-0.05, 0) is 57.2 Å². The first-order chi connectivity index (χ1) is 11.3. The number of esters is 1. The second-order valence-electron chi connectivity index (χ2n) is 6.81. The predicted molar refractivity (Wildman–Crippen MR) is 92.3 cm³/mol. The molecule has 5 heteroatoms. The lowest BCUT2D eigenvalue weighted by Crippen LogP contribution is -2.39. The Labute approximate surface area is 143 Å². The Bertz CT molecular complexity index is 643. The number of ether oxygens (including phenoxy) is 2. The van der Waals surface area contributed by atoms with Gasteiger partial charge in [-0.1, -0.05) is 24.3 Å². The lowest BCUT2D eigenvalue weighted by atomic mass is 10.0. The summed E-state index contributed by atoms with van der Waals surface area (Å²) in [6, 6.07) is 7.88. The number of aryl methyl sites for hydroxylation is 1. The predicted octanol–water partition coefficient (Wildman–Crippen LogP) is 3.77. The van der Waals surface area contributed by atoms with Gasteiger partial charge in [0, 0.05) is 6.54 Å². The second-order valence-corrected chi connectivity index (χ2v) is 6.81. The fourth-order valence-electron chi connectivity index (χ4n) is 2.61. The van der Waals surface area contributed by atoms with E-state index in [1.165, 1.54) is 12.0 Å². The van der Waals surface area contributed by atoms with Gasteiger partial charge >= 0.3 is 12.1 Å². The molecule has 130 valence electrons. The van der Waals surface area contributed by atoms with Crippen molar-refractivity contribution in [3.63, 3.8) is 0 Å². The third kappa shape index (κ3) is 4.60. The summed E-state index contributed by atoms with van der Waals surface area (Å²) in [4.78, 5) is 26.3. The molecule has 1 aliphatic heterocycles. The van der Waals surface area contributed by atoms with Crippen molar-refractivity contribution < 1.29 is 19.1 Å². The molecular formula is C19H25NO4. The van der Waals surface area contributed by atoms with E-state index in [0.29, 0.717) is 6.54 Å². The molecule has 1 aromatic carbocycles. The first-order valence-electron chi connectivity index (χ1n) is 8.20. The highest BCUT2D eigenvalue weighted by Gasteiger charge is 2.29. The molecule has 0 saturated heterocycles. The molecule has 0 saturated carbocycles. The standard InChI is InChI=1S/C19H25NO4/c1-19(2,3)24-18(22)20-12-8-7-10-14-9-5-6-11-15(14)13-16(20)17(21)23-4/h5-6,9,11,13H,7-8,10,12H2,1-4H3/b16-13-. The fourth-order valence-corrected chi connectivity index (χ4v) is 2.61. The Hall–Kier alpha value is -2.30. The average molecular weight is 331 g/mol. The van der Waals surface area contributed by atoms with Crippen LogP contribution in [0.3, 0.4) is 0 Å². The molecule has 0 fully saturated rings. The topological polar surface area (TPSA) is 55.8 Å². The minimum Gasteiger partial charge on any atom is -0.464 e. The highest BCUT2D eigenvalue weighted by atomic mass is 16.6. The summed E-state index contributed by atoms with van der Waals surface area (Å²) in [5.74, 6) is -0.544. The summed E-state index contributed by atoms with van der Waals surface area (Å²) >= 11 is 0. The Morgan fingerprint density at radius 1 is 1.12 bits per heavy atom. The van der Waals surface area contributed by atoms with Crippen molar-refractivity contribution in [2.45, 2.75) is 45.6 Å².